The average molecular weight is 454 g/mol. The van der Waals surface area contributed by atoms with Gasteiger partial charge in [-0.2, -0.15) is 0 Å². The second-order valence-electron chi connectivity index (χ2n) is 8.00. The zero-order chi connectivity index (χ0) is 22.5. The summed E-state index contributed by atoms with van der Waals surface area (Å²) in [6.45, 7) is 0. The molecular formula is C24H27N3O4S. The smallest absolute Gasteiger partial charge is 0.284 e. The van der Waals surface area contributed by atoms with Crippen LogP contribution < -0.4 is 20.9 Å². The maximum atomic E-state index is 13.3. The first-order valence-electron chi connectivity index (χ1n) is 10.8. The molecule has 1 unspecified atom stereocenters. The minimum atomic E-state index is -0.540. The van der Waals surface area contributed by atoms with Crippen LogP contribution in [0.3, 0.4) is 0 Å². The lowest BCUT2D eigenvalue weighted by molar-refractivity contribution is -0.118. The Kier molecular flexibility index (Phi) is 7.04. The highest BCUT2D eigenvalue weighted by Gasteiger charge is 2.26. The van der Waals surface area contributed by atoms with Gasteiger partial charge in [0.2, 0.25) is 5.91 Å². The van der Waals surface area contributed by atoms with Gasteiger partial charge in [-0.05, 0) is 60.2 Å². The van der Waals surface area contributed by atoms with Crippen LogP contribution in [0.1, 0.15) is 53.4 Å². The molecule has 0 radical (unpaired) electrons. The van der Waals surface area contributed by atoms with Crippen LogP contribution in [0.25, 0.3) is 10.1 Å². The van der Waals surface area contributed by atoms with Gasteiger partial charge in [-0.25, -0.2) is 5.48 Å². The second-order valence-corrected chi connectivity index (χ2v) is 9.08. The van der Waals surface area contributed by atoms with E-state index in [-0.39, 0.29) is 11.9 Å². The third-order valence-electron chi connectivity index (χ3n) is 5.83. The Labute approximate surface area is 190 Å². The minimum Gasteiger partial charge on any atom is -0.497 e. The van der Waals surface area contributed by atoms with E-state index in [0.29, 0.717) is 10.6 Å². The number of methoxy groups -OCH3 is 1. The van der Waals surface area contributed by atoms with Crippen molar-refractivity contribution in [1.29, 1.82) is 0 Å². The molecule has 1 saturated carbocycles. The van der Waals surface area contributed by atoms with E-state index in [0.717, 1.165) is 47.1 Å². The van der Waals surface area contributed by atoms with Crippen LogP contribution in [-0.2, 0) is 4.79 Å². The van der Waals surface area contributed by atoms with E-state index in [1.165, 1.54) is 17.8 Å². The first-order valence-corrected chi connectivity index (χ1v) is 11.6. The molecular weight excluding hydrogens is 426 g/mol. The zero-order valence-electron chi connectivity index (χ0n) is 17.9. The highest BCUT2D eigenvalue weighted by Crippen LogP contribution is 2.30. The van der Waals surface area contributed by atoms with Gasteiger partial charge < -0.3 is 10.1 Å². The second kappa shape index (κ2) is 10.1. The normalized spacial score (nSPS) is 15.3. The van der Waals surface area contributed by atoms with E-state index >= 15 is 0 Å². The third-order valence-corrected chi connectivity index (χ3v) is 6.93. The predicted octanol–water partition coefficient (Wildman–Crippen LogP) is 4.63. The number of thiophene rings is 1. The maximum absolute atomic E-state index is 13.3. The maximum Gasteiger partial charge on any atom is 0.284 e. The van der Waals surface area contributed by atoms with Gasteiger partial charge in [0, 0.05) is 16.4 Å². The van der Waals surface area contributed by atoms with Gasteiger partial charge in [-0.3, -0.25) is 20.1 Å². The topological polar surface area (TPSA) is 99.7 Å². The summed E-state index contributed by atoms with van der Waals surface area (Å²) < 4.78 is 6.07. The molecule has 1 fully saturated rings. The van der Waals surface area contributed by atoms with E-state index in [1.54, 1.807) is 18.7 Å². The van der Waals surface area contributed by atoms with Crippen LogP contribution in [-0.4, -0.2) is 30.2 Å². The zero-order valence-corrected chi connectivity index (χ0v) is 18.7. The van der Waals surface area contributed by atoms with Crippen molar-refractivity contribution < 1.29 is 19.5 Å². The number of amides is 2. The van der Waals surface area contributed by atoms with Crippen molar-refractivity contribution >= 4 is 38.9 Å². The number of anilines is 1. The molecule has 1 aliphatic carbocycles. The Balaban J connectivity index is 1.61. The van der Waals surface area contributed by atoms with Crippen LogP contribution in [0.2, 0.25) is 0 Å². The molecule has 1 heterocycles. The number of hydrogen-bond donors (Lipinski definition) is 4. The lowest BCUT2D eigenvalue weighted by Gasteiger charge is -2.28. The van der Waals surface area contributed by atoms with E-state index in [2.05, 4.69) is 10.6 Å². The van der Waals surface area contributed by atoms with Crippen LogP contribution in [0.15, 0.2) is 48.5 Å². The van der Waals surface area contributed by atoms with Crippen LogP contribution in [0.4, 0.5) is 5.69 Å². The highest BCUT2D eigenvalue weighted by molar-refractivity contribution is 7.20. The van der Waals surface area contributed by atoms with Crippen LogP contribution >= 0.6 is 11.3 Å². The summed E-state index contributed by atoms with van der Waals surface area (Å²) in [6, 6.07) is 14.5. The van der Waals surface area contributed by atoms with Gasteiger partial charge in [-0.1, -0.05) is 31.4 Å². The Morgan fingerprint density at radius 3 is 2.50 bits per heavy atom. The summed E-state index contributed by atoms with van der Waals surface area (Å²) in [7, 11) is 1.61. The molecule has 2 aromatic carbocycles. The quantitative estimate of drug-likeness (QED) is 0.309. The standard InChI is InChI=1S/C24H27N3O4S/c1-31-19-11-9-18(10-12-19)26-24(29)22(25-17-5-3-2-4-6-17)16-8-7-15-13-21(23(28)27-30)32-20(15)14-16/h7-14,17,22,25,30H,2-6H2,1H3,(H,26,29)(H,27,28). The Morgan fingerprint density at radius 1 is 1.06 bits per heavy atom. The van der Waals surface area contributed by atoms with Crippen molar-refractivity contribution in [2.24, 2.45) is 0 Å². The molecule has 8 heteroatoms. The van der Waals surface area contributed by atoms with Gasteiger partial charge in [0.15, 0.2) is 0 Å². The van der Waals surface area contributed by atoms with Gasteiger partial charge in [0.25, 0.3) is 5.91 Å². The number of carbonyl (C=O) groups is 2. The van der Waals surface area contributed by atoms with Crippen LogP contribution in [0.5, 0.6) is 5.75 Å². The lowest BCUT2D eigenvalue weighted by Crippen LogP contribution is -2.40. The Hall–Kier alpha value is -2.94. The largest absolute Gasteiger partial charge is 0.497 e. The van der Waals surface area contributed by atoms with Gasteiger partial charge in [-0.15, -0.1) is 11.3 Å². The van der Waals surface area contributed by atoms with E-state index in [9.17, 15) is 9.59 Å². The average Bonchev–Trinajstić information content (AvgIpc) is 3.26. The molecule has 0 saturated heterocycles. The van der Waals surface area contributed by atoms with Gasteiger partial charge >= 0.3 is 0 Å². The van der Waals surface area contributed by atoms with Crippen LogP contribution in [0, 0.1) is 0 Å². The molecule has 1 atom stereocenters. The monoisotopic (exact) mass is 453 g/mol. The van der Waals surface area contributed by atoms with E-state index in [1.807, 2.05) is 42.5 Å². The summed E-state index contributed by atoms with van der Waals surface area (Å²) in [5.74, 6) is 0.0533. The summed E-state index contributed by atoms with van der Waals surface area (Å²) in [5, 5.41) is 16.4. The first kappa shape index (κ1) is 22.3. The summed E-state index contributed by atoms with van der Waals surface area (Å²) in [6.07, 6.45) is 5.66. The SMILES string of the molecule is COc1ccc(NC(=O)C(NC2CCCCC2)c2ccc3cc(C(=O)NO)sc3c2)cc1. The van der Waals surface area contributed by atoms with Crippen molar-refractivity contribution in [3.8, 4) is 5.75 Å². The number of hydrogen-bond acceptors (Lipinski definition) is 6. The highest BCUT2D eigenvalue weighted by atomic mass is 32.1. The number of nitrogens with one attached hydrogen (secondary N) is 3. The van der Waals surface area contributed by atoms with E-state index < -0.39 is 11.9 Å². The summed E-state index contributed by atoms with van der Waals surface area (Å²) in [5.41, 5.74) is 3.21. The molecule has 7 nitrogen and oxygen atoms in total. The van der Waals surface area contributed by atoms with Crippen molar-refractivity contribution in [3.05, 3.63) is 59.0 Å². The van der Waals surface area contributed by atoms with Crippen molar-refractivity contribution in [2.45, 2.75) is 44.2 Å². The van der Waals surface area contributed by atoms with Crippen molar-refractivity contribution in [1.82, 2.24) is 10.8 Å². The molecule has 4 rings (SSSR count). The molecule has 2 amide bonds. The molecule has 0 aliphatic heterocycles. The fourth-order valence-corrected chi connectivity index (χ4v) is 5.11. The Bertz CT molecular complexity index is 1090. The molecule has 0 spiro atoms. The first-order chi connectivity index (χ1) is 15.6. The predicted molar refractivity (Wildman–Crippen MR) is 125 cm³/mol. The number of ether oxygens (including phenoxy) is 1. The number of carbonyl (C=O) groups excluding carboxylic acids is 2. The summed E-state index contributed by atoms with van der Waals surface area (Å²) >= 11 is 1.28. The molecule has 3 aromatic rings. The fourth-order valence-electron chi connectivity index (χ4n) is 4.11. The fraction of sp³-hybridized carbons (Fsp3) is 0.333. The number of fused-ring (bicyclic) bond motifs is 1. The van der Waals surface area contributed by atoms with Crippen molar-refractivity contribution in [3.63, 3.8) is 0 Å². The van der Waals surface area contributed by atoms with E-state index in [4.69, 9.17) is 9.94 Å². The minimum absolute atomic E-state index is 0.134. The van der Waals surface area contributed by atoms with Gasteiger partial charge in [0.05, 0.1) is 12.0 Å². The van der Waals surface area contributed by atoms with Crippen molar-refractivity contribution in [2.75, 3.05) is 12.4 Å². The number of hydroxylamine groups is 1. The van der Waals surface area contributed by atoms with Gasteiger partial charge in [0.1, 0.15) is 11.8 Å². The molecule has 1 aromatic heterocycles. The number of rotatable bonds is 7. The summed E-state index contributed by atoms with van der Waals surface area (Å²) in [4.78, 5) is 25.5. The Morgan fingerprint density at radius 2 is 1.81 bits per heavy atom. The molecule has 4 N–H and O–H groups in total. The molecule has 32 heavy (non-hydrogen) atoms. The molecule has 168 valence electrons. The molecule has 1 aliphatic rings. The lowest BCUT2D eigenvalue weighted by atomic mass is 9.93. The molecule has 0 bridgehead atoms. The third kappa shape index (κ3) is 5.09. The number of benzene rings is 2.